The number of methoxy groups -OCH3 is 1. The van der Waals surface area contributed by atoms with E-state index in [2.05, 4.69) is 21.2 Å². The van der Waals surface area contributed by atoms with Gasteiger partial charge in [-0.25, -0.2) is 4.79 Å². The van der Waals surface area contributed by atoms with Crippen LogP contribution in [0.3, 0.4) is 0 Å². The van der Waals surface area contributed by atoms with E-state index in [1.54, 1.807) is 24.3 Å². The maximum atomic E-state index is 12.3. The molecule has 0 fully saturated rings. The van der Waals surface area contributed by atoms with E-state index in [9.17, 15) is 14.7 Å². The number of anilines is 1. The first kappa shape index (κ1) is 16.1. The number of amides is 1. The molecule has 24 heavy (non-hydrogen) atoms. The largest absolute Gasteiger partial charge is 0.506 e. The molecule has 0 unspecified atom stereocenters. The number of hydrogen-bond acceptors (Lipinski definition) is 5. The fourth-order valence-electron chi connectivity index (χ4n) is 2.25. The van der Waals surface area contributed by atoms with Crippen molar-refractivity contribution in [3.8, 4) is 11.5 Å². The molecule has 6 nitrogen and oxygen atoms in total. The number of nitrogens with one attached hydrogen (secondary N) is 1. The summed E-state index contributed by atoms with van der Waals surface area (Å²) in [6.45, 7) is 0. The number of carbonyl (C=O) groups excluding carboxylic acids is 1. The van der Waals surface area contributed by atoms with Crippen LogP contribution in [0, 0.1) is 0 Å². The molecular weight excluding hydrogens is 378 g/mol. The second kappa shape index (κ2) is 6.37. The molecule has 7 heteroatoms. The average Bonchev–Trinajstić information content (AvgIpc) is 2.56. The lowest BCUT2D eigenvalue weighted by Crippen LogP contribution is -2.20. The summed E-state index contributed by atoms with van der Waals surface area (Å²) in [5.74, 6) is -0.393. The Bertz CT molecular complexity index is 996. The number of phenolic OH excluding ortho intramolecular Hbond substituents is 1. The number of phenols is 1. The zero-order valence-corrected chi connectivity index (χ0v) is 14.1. The number of rotatable bonds is 3. The van der Waals surface area contributed by atoms with Crippen molar-refractivity contribution in [3.05, 3.63) is 62.9 Å². The highest BCUT2D eigenvalue weighted by molar-refractivity contribution is 9.10. The number of hydrogen-bond donors (Lipinski definition) is 2. The normalized spacial score (nSPS) is 10.6. The third-order valence-corrected chi connectivity index (χ3v) is 3.84. The lowest BCUT2D eigenvalue weighted by Gasteiger charge is -2.08. The van der Waals surface area contributed by atoms with Gasteiger partial charge < -0.3 is 19.6 Å². The van der Waals surface area contributed by atoms with E-state index < -0.39 is 11.5 Å². The summed E-state index contributed by atoms with van der Waals surface area (Å²) in [4.78, 5) is 24.5. The summed E-state index contributed by atoms with van der Waals surface area (Å²) in [5, 5.41) is 12.7. The molecule has 0 aliphatic rings. The van der Waals surface area contributed by atoms with Gasteiger partial charge in [-0.15, -0.1) is 0 Å². The van der Waals surface area contributed by atoms with E-state index in [0.717, 1.165) is 0 Å². The Hall–Kier alpha value is -2.80. The second-order valence-electron chi connectivity index (χ2n) is 4.95. The van der Waals surface area contributed by atoms with Crippen LogP contribution in [0.1, 0.15) is 10.4 Å². The Morgan fingerprint density at radius 1 is 1.25 bits per heavy atom. The Morgan fingerprint density at radius 3 is 2.71 bits per heavy atom. The van der Waals surface area contributed by atoms with Gasteiger partial charge in [-0.05, 0) is 30.3 Å². The van der Waals surface area contributed by atoms with Crippen molar-refractivity contribution in [3.63, 3.8) is 0 Å². The van der Waals surface area contributed by atoms with Crippen LogP contribution in [0.25, 0.3) is 11.0 Å². The number of fused-ring (bicyclic) bond motifs is 1. The molecule has 0 spiro atoms. The van der Waals surface area contributed by atoms with Gasteiger partial charge in [0.2, 0.25) is 0 Å². The molecular formula is C17H12BrNO5. The lowest BCUT2D eigenvalue weighted by atomic mass is 10.1. The Labute approximate surface area is 144 Å². The number of benzene rings is 2. The number of para-hydroxylation sites is 2. The van der Waals surface area contributed by atoms with Gasteiger partial charge in [-0.2, -0.15) is 0 Å². The minimum absolute atomic E-state index is 0.0968. The van der Waals surface area contributed by atoms with E-state index in [4.69, 9.17) is 9.15 Å². The Balaban J connectivity index is 2.06. The first-order chi connectivity index (χ1) is 11.5. The fourth-order valence-corrected chi connectivity index (χ4v) is 2.70. The summed E-state index contributed by atoms with van der Waals surface area (Å²) in [6.07, 6.45) is 0. The SMILES string of the molecule is COc1cc(Br)cc2cc(C(=O)Nc3ccccc3O)c(=O)oc12. The maximum absolute atomic E-state index is 12.3. The molecule has 1 aromatic heterocycles. The summed E-state index contributed by atoms with van der Waals surface area (Å²) >= 11 is 3.33. The molecule has 1 amide bonds. The van der Waals surface area contributed by atoms with Crippen LogP contribution >= 0.6 is 15.9 Å². The number of aromatic hydroxyl groups is 1. The van der Waals surface area contributed by atoms with Crippen molar-refractivity contribution >= 4 is 38.5 Å². The molecule has 0 aliphatic carbocycles. The smallest absolute Gasteiger partial charge is 0.349 e. The van der Waals surface area contributed by atoms with E-state index in [1.807, 2.05) is 0 Å². The van der Waals surface area contributed by atoms with Gasteiger partial charge in [0.1, 0.15) is 11.3 Å². The highest BCUT2D eigenvalue weighted by atomic mass is 79.9. The molecule has 2 N–H and O–H groups in total. The van der Waals surface area contributed by atoms with Crippen LogP contribution in [0.2, 0.25) is 0 Å². The summed E-state index contributed by atoms with van der Waals surface area (Å²) in [5.41, 5.74) is -0.513. The second-order valence-corrected chi connectivity index (χ2v) is 5.86. The molecule has 0 saturated carbocycles. The number of ether oxygens (including phenoxy) is 1. The molecule has 0 radical (unpaired) electrons. The predicted molar refractivity (Wildman–Crippen MR) is 92.8 cm³/mol. The van der Waals surface area contributed by atoms with E-state index in [-0.39, 0.29) is 22.6 Å². The van der Waals surface area contributed by atoms with Crippen LogP contribution in [0.5, 0.6) is 11.5 Å². The van der Waals surface area contributed by atoms with Crippen molar-refractivity contribution in [1.82, 2.24) is 0 Å². The zero-order chi connectivity index (χ0) is 17.3. The van der Waals surface area contributed by atoms with Gasteiger partial charge in [0.05, 0.1) is 12.8 Å². The first-order valence-corrected chi connectivity index (χ1v) is 7.69. The summed E-state index contributed by atoms with van der Waals surface area (Å²) in [6, 6.07) is 11.0. The van der Waals surface area contributed by atoms with Gasteiger partial charge in [0.15, 0.2) is 11.3 Å². The quantitative estimate of drug-likeness (QED) is 0.528. The molecule has 0 aliphatic heterocycles. The lowest BCUT2D eigenvalue weighted by molar-refractivity contribution is 0.102. The first-order valence-electron chi connectivity index (χ1n) is 6.90. The third kappa shape index (κ3) is 2.98. The van der Waals surface area contributed by atoms with Crippen LogP contribution in [0.15, 0.2) is 56.1 Å². The van der Waals surface area contributed by atoms with E-state index in [1.165, 1.54) is 25.3 Å². The van der Waals surface area contributed by atoms with E-state index in [0.29, 0.717) is 15.6 Å². The minimum Gasteiger partial charge on any atom is -0.506 e. The summed E-state index contributed by atoms with van der Waals surface area (Å²) in [7, 11) is 1.46. The molecule has 0 saturated heterocycles. The average molecular weight is 390 g/mol. The number of halogens is 1. The van der Waals surface area contributed by atoms with Crippen LogP contribution in [0.4, 0.5) is 5.69 Å². The van der Waals surface area contributed by atoms with E-state index >= 15 is 0 Å². The van der Waals surface area contributed by atoms with Crippen molar-refractivity contribution in [2.45, 2.75) is 0 Å². The Morgan fingerprint density at radius 2 is 2.00 bits per heavy atom. The molecule has 3 aromatic rings. The van der Waals surface area contributed by atoms with Gasteiger partial charge in [0.25, 0.3) is 5.91 Å². The molecule has 0 bridgehead atoms. The monoisotopic (exact) mass is 389 g/mol. The van der Waals surface area contributed by atoms with Gasteiger partial charge >= 0.3 is 5.63 Å². The molecule has 122 valence electrons. The maximum Gasteiger partial charge on any atom is 0.349 e. The van der Waals surface area contributed by atoms with Gasteiger partial charge in [-0.3, -0.25) is 4.79 Å². The molecule has 2 aromatic carbocycles. The predicted octanol–water partition coefficient (Wildman–Crippen LogP) is 3.52. The third-order valence-electron chi connectivity index (χ3n) is 3.38. The topological polar surface area (TPSA) is 88.8 Å². The Kier molecular flexibility index (Phi) is 4.26. The van der Waals surface area contributed by atoms with Crippen LogP contribution in [-0.2, 0) is 0 Å². The number of carbonyl (C=O) groups is 1. The fraction of sp³-hybridized carbons (Fsp3) is 0.0588. The summed E-state index contributed by atoms with van der Waals surface area (Å²) < 4.78 is 11.1. The van der Waals surface area contributed by atoms with Crippen LogP contribution in [-0.4, -0.2) is 18.1 Å². The van der Waals surface area contributed by atoms with Crippen LogP contribution < -0.4 is 15.7 Å². The highest BCUT2D eigenvalue weighted by Gasteiger charge is 2.17. The van der Waals surface area contributed by atoms with Crippen molar-refractivity contribution in [2.75, 3.05) is 12.4 Å². The molecule has 3 rings (SSSR count). The standard InChI is InChI=1S/C17H12BrNO5/c1-23-14-8-10(18)6-9-7-11(17(22)24-15(9)14)16(21)19-12-4-2-3-5-13(12)20/h2-8,20H,1H3,(H,19,21). The molecule has 0 atom stereocenters. The minimum atomic E-state index is -0.795. The van der Waals surface area contributed by atoms with Crippen molar-refractivity contribution in [2.24, 2.45) is 0 Å². The zero-order valence-electron chi connectivity index (χ0n) is 12.5. The van der Waals surface area contributed by atoms with Gasteiger partial charge in [-0.1, -0.05) is 28.1 Å². The molecule has 1 heterocycles. The highest BCUT2D eigenvalue weighted by Crippen LogP contribution is 2.30. The van der Waals surface area contributed by atoms with Crippen molar-refractivity contribution < 1.29 is 19.1 Å². The van der Waals surface area contributed by atoms with Crippen molar-refractivity contribution in [1.29, 1.82) is 0 Å². The van der Waals surface area contributed by atoms with Gasteiger partial charge in [0, 0.05) is 9.86 Å².